The van der Waals surface area contributed by atoms with Gasteiger partial charge >= 0.3 is 0 Å². The van der Waals surface area contributed by atoms with Crippen molar-refractivity contribution < 1.29 is 4.74 Å². The smallest absolute Gasteiger partial charge is 0.222 e. The van der Waals surface area contributed by atoms with Crippen molar-refractivity contribution in [2.45, 2.75) is 6.54 Å². The molecule has 0 aliphatic carbocycles. The number of ether oxygens (including phenoxy) is 1. The SMILES string of the molecule is COc1ccc(N)cc1CNc1ncc(Cl)cn1. The average molecular weight is 265 g/mol. The fourth-order valence-corrected chi connectivity index (χ4v) is 1.61. The Labute approximate surface area is 110 Å². The van der Waals surface area contributed by atoms with E-state index in [-0.39, 0.29) is 0 Å². The number of aromatic nitrogens is 2. The molecule has 2 aromatic rings. The molecule has 1 aromatic carbocycles. The van der Waals surface area contributed by atoms with Gasteiger partial charge in [0.2, 0.25) is 5.95 Å². The zero-order chi connectivity index (χ0) is 13.0. The van der Waals surface area contributed by atoms with Crippen LogP contribution in [0.25, 0.3) is 0 Å². The summed E-state index contributed by atoms with van der Waals surface area (Å²) in [4.78, 5) is 8.09. The van der Waals surface area contributed by atoms with E-state index in [1.807, 2.05) is 12.1 Å². The first-order chi connectivity index (χ1) is 8.69. The second kappa shape index (κ2) is 5.55. The van der Waals surface area contributed by atoms with E-state index >= 15 is 0 Å². The molecular weight excluding hydrogens is 252 g/mol. The summed E-state index contributed by atoms with van der Waals surface area (Å²) in [5.41, 5.74) is 7.36. The molecule has 0 spiro atoms. The van der Waals surface area contributed by atoms with E-state index in [9.17, 15) is 0 Å². The Hall–Kier alpha value is -2.01. The molecular formula is C12H13ClN4O. The first-order valence-electron chi connectivity index (χ1n) is 5.33. The minimum Gasteiger partial charge on any atom is -0.496 e. The number of benzene rings is 1. The van der Waals surface area contributed by atoms with Crippen molar-refractivity contribution in [3.05, 3.63) is 41.2 Å². The van der Waals surface area contributed by atoms with Crippen LogP contribution in [0.3, 0.4) is 0 Å². The molecule has 0 aliphatic heterocycles. The zero-order valence-electron chi connectivity index (χ0n) is 9.85. The quantitative estimate of drug-likeness (QED) is 0.829. The monoisotopic (exact) mass is 264 g/mol. The number of hydrogen-bond donors (Lipinski definition) is 2. The summed E-state index contributed by atoms with van der Waals surface area (Å²) < 4.78 is 5.25. The normalized spacial score (nSPS) is 10.1. The minimum atomic E-state index is 0.502. The van der Waals surface area contributed by atoms with E-state index in [0.29, 0.717) is 23.2 Å². The molecule has 94 valence electrons. The van der Waals surface area contributed by atoms with Gasteiger partial charge in [-0.15, -0.1) is 0 Å². The largest absolute Gasteiger partial charge is 0.496 e. The van der Waals surface area contributed by atoms with Gasteiger partial charge in [-0.2, -0.15) is 0 Å². The van der Waals surface area contributed by atoms with Crippen LogP contribution in [-0.4, -0.2) is 17.1 Å². The van der Waals surface area contributed by atoms with Crippen LogP contribution in [0, 0.1) is 0 Å². The van der Waals surface area contributed by atoms with Crippen molar-refractivity contribution in [2.75, 3.05) is 18.2 Å². The van der Waals surface area contributed by atoms with Crippen molar-refractivity contribution in [3.8, 4) is 5.75 Å². The van der Waals surface area contributed by atoms with Gasteiger partial charge in [-0.3, -0.25) is 0 Å². The van der Waals surface area contributed by atoms with Crippen molar-refractivity contribution in [1.29, 1.82) is 0 Å². The van der Waals surface area contributed by atoms with Crippen LogP contribution in [0.4, 0.5) is 11.6 Å². The van der Waals surface area contributed by atoms with Crippen molar-refractivity contribution in [1.82, 2.24) is 9.97 Å². The third kappa shape index (κ3) is 3.01. The molecule has 0 bridgehead atoms. The molecule has 0 fully saturated rings. The van der Waals surface area contributed by atoms with Crippen LogP contribution in [0.2, 0.25) is 5.02 Å². The Morgan fingerprint density at radius 3 is 2.72 bits per heavy atom. The van der Waals surface area contributed by atoms with E-state index in [2.05, 4.69) is 15.3 Å². The summed E-state index contributed by atoms with van der Waals surface area (Å²) in [5, 5.41) is 3.58. The number of methoxy groups -OCH3 is 1. The first-order valence-corrected chi connectivity index (χ1v) is 5.70. The molecule has 0 saturated heterocycles. The number of nitrogens with one attached hydrogen (secondary N) is 1. The van der Waals surface area contributed by atoms with Gasteiger partial charge in [0.05, 0.1) is 24.5 Å². The molecule has 5 nitrogen and oxygen atoms in total. The fraction of sp³-hybridized carbons (Fsp3) is 0.167. The molecule has 0 amide bonds. The van der Waals surface area contributed by atoms with Gasteiger partial charge in [0.15, 0.2) is 0 Å². The number of rotatable bonds is 4. The molecule has 0 unspecified atom stereocenters. The maximum atomic E-state index is 5.74. The number of nitrogen functional groups attached to an aromatic ring is 1. The van der Waals surface area contributed by atoms with Gasteiger partial charge in [-0.05, 0) is 18.2 Å². The van der Waals surface area contributed by atoms with E-state index in [1.54, 1.807) is 13.2 Å². The molecule has 0 atom stereocenters. The Balaban J connectivity index is 2.09. The highest BCUT2D eigenvalue weighted by Crippen LogP contribution is 2.21. The number of hydrogen-bond acceptors (Lipinski definition) is 5. The lowest BCUT2D eigenvalue weighted by Crippen LogP contribution is -2.05. The Morgan fingerprint density at radius 1 is 1.33 bits per heavy atom. The van der Waals surface area contributed by atoms with Gasteiger partial charge in [-0.25, -0.2) is 9.97 Å². The highest BCUT2D eigenvalue weighted by molar-refractivity contribution is 6.30. The van der Waals surface area contributed by atoms with Crippen LogP contribution in [0.15, 0.2) is 30.6 Å². The van der Waals surface area contributed by atoms with E-state index in [4.69, 9.17) is 22.1 Å². The van der Waals surface area contributed by atoms with E-state index < -0.39 is 0 Å². The zero-order valence-corrected chi connectivity index (χ0v) is 10.6. The second-order valence-electron chi connectivity index (χ2n) is 3.65. The number of anilines is 2. The van der Waals surface area contributed by atoms with Crippen molar-refractivity contribution >= 4 is 23.2 Å². The van der Waals surface area contributed by atoms with Gasteiger partial charge in [-0.1, -0.05) is 11.6 Å². The third-order valence-electron chi connectivity index (χ3n) is 2.36. The van der Waals surface area contributed by atoms with Crippen LogP contribution >= 0.6 is 11.6 Å². The van der Waals surface area contributed by atoms with Crippen molar-refractivity contribution in [2.24, 2.45) is 0 Å². The Kier molecular flexibility index (Phi) is 3.84. The van der Waals surface area contributed by atoms with Crippen LogP contribution in [0.1, 0.15) is 5.56 Å². The lowest BCUT2D eigenvalue weighted by molar-refractivity contribution is 0.410. The second-order valence-corrected chi connectivity index (χ2v) is 4.09. The first kappa shape index (κ1) is 12.4. The topological polar surface area (TPSA) is 73.1 Å². The summed E-state index contributed by atoms with van der Waals surface area (Å²) in [5.74, 6) is 1.27. The van der Waals surface area contributed by atoms with Crippen LogP contribution in [0.5, 0.6) is 5.75 Å². The molecule has 0 radical (unpaired) electrons. The van der Waals surface area contributed by atoms with Gasteiger partial charge in [0, 0.05) is 17.8 Å². The maximum absolute atomic E-state index is 5.74. The number of halogens is 1. The highest BCUT2D eigenvalue weighted by Gasteiger charge is 2.04. The number of nitrogens with two attached hydrogens (primary N) is 1. The summed E-state index contributed by atoms with van der Waals surface area (Å²) >= 11 is 5.71. The third-order valence-corrected chi connectivity index (χ3v) is 2.56. The lowest BCUT2D eigenvalue weighted by atomic mass is 10.2. The summed E-state index contributed by atoms with van der Waals surface area (Å²) in [6, 6.07) is 5.47. The highest BCUT2D eigenvalue weighted by atomic mass is 35.5. The molecule has 18 heavy (non-hydrogen) atoms. The summed E-state index contributed by atoms with van der Waals surface area (Å²) in [6.07, 6.45) is 3.07. The van der Waals surface area contributed by atoms with Crippen molar-refractivity contribution in [3.63, 3.8) is 0 Å². The predicted molar refractivity (Wildman–Crippen MR) is 71.8 cm³/mol. The number of nitrogens with zero attached hydrogens (tertiary/aromatic N) is 2. The molecule has 1 aromatic heterocycles. The maximum Gasteiger partial charge on any atom is 0.222 e. The molecule has 1 heterocycles. The Morgan fingerprint density at radius 2 is 2.06 bits per heavy atom. The predicted octanol–water partition coefficient (Wildman–Crippen LogP) is 2.33. The summed E-state index contributed by atoms with van der Waals surface area (Å²) in [6.45, 7) is 0.524. The molecule has 6 heteroatoms. The molecule has 0 saturated carbocycles. The van der Waals surface area contributed by atoms with Gasteiger partial charge in [0.1, 0.15) is 5.75 Å². The summed E-state index contributed by atoms with van der Waals surface area (Å²) in [7, 11) is 1.62. The molecule has 3 N–H and O–H groups in total. The molecule has 0 aliphatic rings. The standard InChI is InChI=1S/C12H13ClN4O/c1-18-11-3-2-10(14)4-8(11)5-15-12-16-6-9(13)7-17-12/h2-4,6-7H,5,14H2,1H3,(H,15,16,17). The van der Waals surface area contributed by atoms with E-state index in [0.717, 1.165) is 11.3 Å². The Bertz CT molecular complexity index is 530. The van der Waals surface area contributed by atoms with Crippen LogP contribution in [-0.2, 0) is 6.54 Å². The minimum absolute atomic E-state index is 0.502. The lowest BCUT2D eigenvalue weighted by Gasteiger charge is -2.10. The van der Waals surface area contributed by atoms with Crippen LogP contribution < -0.4 is 15.8 Å². The van der Waals surface area contributed by atoms with E-state index in [1.165, 1.54) is 12.4 Å². The van der Waals surface area contributed by atoms with Gasteiger partial charge < -0.3 is 15.8 Å². The van der Waals surface area contributed by atoms with Gasteiger partial charge in [0.25, 0.3) is 0 Å². The fourth-order valence-electron chi connectivity index (χ4n) is 1.51. The molecule has 2 rings (SSSR count). The average Bonchev–Trinajstić information content (AvgIpc) is 2.38.